The molecule has 0 aromatic heterocycles. The fraction of sp³-hybridized carbons (Fsp3) is 0.800. The first kappa shape index (κ1) is 39.3. The number of rotatable bonds is 9. The van der Waals surface area contributed by atoms with Gasteiger partial charge in [-0.25, -0.2) is 0 Å². The van der Waals surface area contributed by atoms with Crippen LogP contribution in [0.3, 0.4) is 0 Å². The Hall–Kier alpha value is -2.12. The van der Waals surface area contributed by atoms with Crippen molar-refractivity contribution in [2.45, 2.75) is 200 Å². The van der Waals surface area contributed by atoms with Gasteiger partial charge < -0.3 is 26.4 Å². The van der Waals surface area contributed by atoms with E-state index in [0.717, 1.165) is 55.2 Å². The largest absolute Gasteiger partial charge is 0.507 e. The van der Waals surface area contributed by atoms with E-state index in [9.17, 15) is 14.7 Å². The van der Waals surface area contributed by atoms with Crippen molar-refractivity contribution in [3.05, 3.63) is 28.8 Å². The summed E-state index contributed by atoms with van der Waals surface area (Å²) in [5, 5.41) is 25.9. The molecule has 3 rings (SSSR count). The monoisotopic (exact) mass is 655 g/mol. The topological polar surface area (TPSA) is 102 Å². The van der Waals surface area contributed by atoms with Crippen molar-refractivity contribution < 1.29 is 14.7 Å². The Morgan fingerprint density at radius 1 is 0.723 bits per heavy atom. The quantitative estimate of drug-likeness (QED) is 0.177. The molecule has 2 aliphatic rings. The smallest absolute Gasteiger partial charge is 0.236 e. The lowest BCUT2D eigenvalue weighted by Crippen LogP contribution is -2.65. The molecule has 2 amide bonds. The summed E-state index contributed by atoms with van der Waals surface area (Å²) >= 11 is 0. The van der Waals surface area contributed by atoms with Crippen molar-refractivity contribution in [3.8, 4) is 5.75 Å². The van der Waals surface area contributed by atoms with Crippen molar-refractivity contribution in [2.24, 2.45) is 5.41 Å². The first-order valence-electron chi connectivity index (χ1n) is 18.2. The van der Waals surface area contributed by atoms with Crippen LogP contribution < -0.4 is 21.3 Å². The van der Waals surface area contributed by atoms with E-state index in [0.29, 0.717) is 12.2 Å². The van der Waals surface area contributed by atoms with Gasteiger partial charge >= 0.3 is 0 Å². The highest BCUT2D eigenvalue weighted by Gasteiger charge is 2.49. The second-order valence-corrected chi connectivity index (χ2v) is 19.8. The first-order valence-corrected chi connectivity index (χ1v) is 18.2. The number of hydrogen-bond acceptors (Lipinski definition) is 5. The summed E-state index contributed by atoms with van der Waals surface area (Å²) in [5.74, 6) is -0.0608. The molecule has 1 aromatic carbocycles. The normalized spacial score (nSPS) is 21.7. The highest BCUT2D eigenvalue weighted by molar-refractivity contribution is 6.05. The molecule has 2 aliphatic heterocycles. The van der Waals surface area contributed by atoms with Crippen LogP contribution in [-0.4, -0.2) is 51.2 Å². The van der Waals surface area contributed by atoms with E-state index < -0.39 is 5.41 Å². The summed E-state index contributed by atoms with van der Waals surface area (Å²) in [6.45, 7) is 32.2. The molecule has 7 heteroatoms. The minimum Gasteiger partial charge on any atom is -0.507 e. The number of phenolic OH excluding ortho intramolecular Hbond substituents is 1. The van der Waals surface area contributed by atoms with Crippen LogP contribution in [0.1, 0.15) is 165 Å². The van der Waals surface area contributed by atoms with Gasteiger partial charge in [-0.05, 0) is 121 Å². The standard InChI is InChI=1S/C40H70N4O3/c1-16-17-18-40(32(46)41-27-22-36(8,9)43-37(10,11)23-27,33(47)42-28-24-38(12,13)44-39(14,15)25-28)21-26-19-29(34(2,3)4)31(45)30(20-26)35(5,6)7/h19-20,27-28,43-45H,16-18,21-25H2,1-15H3,(H,41,46)(H,42,47). The molecule has 0 bridgehead atoms. The van der Waals surface area contributed by atoms with Gasteiger partial charge in [0.2, 0.25) is 11.8 Å². The lowest BCUT2D eigenvalue weighted by Gasteiger charge is -2.48. The number of unbranched alkanes of at least 4 members (excludes halogenated alkanes) is 1. The number of piperidine rings is 2. The van der Waals surface area contributed by atoms with E-state index >= 15 is 0 Å². The second kappa shape index (κ2) is 13.3. The Morgan fingerprint density at radius 2 is 1.06 bits per heavy atom. The molecule has 5 N–H and O–H groups in total. The molecule has 0 aliphatic carbocycles. The number of aromatic hydroxyl groups is 1. The predicted octanol–water partition coefficient (Wildman–Crippen LogP) is 7.56. The van der Waals surface area contributed by atoms with E-state index in [-0.39, 0.29) is 63.3 Å². The summed E-state index contributed by atoms with van der Waals surface area (Å²) in [7, 11) is 0. The average Bonchev–Trinajstić information content (AvgIpc) is 2.81. The third kappa shape index (κ3) is 9.97. The lowest BCUT2D eigenvalue weighted by molar-refractivity contribution is -0.145. The lowest BCUT2D eigenvalue weighted by atomic mass is 9.71. The fourth-order valence-corrected chi connectivity index (χ4v) is 8.84. The van der Waals surface area contributed by atoms with Gasteiger partial charge in [0.15, 0.2) is 0 Å². The predicted molar refractivity (Wildman–Crippen MR) is 196 cm³/mol. The van der Waals surface area contributed by atoms with Gasteiger partial charge in [-0.15, -0.1) is 0 Å². The molecule has 2 saturated heterocycles. The van der Waals surface area contributed by atoms with Gasteiger partial charge in [0.05, 0.1) is 0 Å². The molecule has 1 aromatic rings. The minimum atomic E-state index is -1.31. The van der Waals surface area contributed by atoms with E-state index in [4.69, 9.17) is 0 Å². The molecule has 7 nitrogen and oxygen atoms in total. The minimum absolute atomic E-state index is 0.0608. The number of carbonyl (C=O) groups excluding carboxylic acids is 2. The number of hydrogen-bond donors (Lipinski definition) is 5. The van der Waals surface area contributed by atoms with Crippen molar-refractivity contribution in [3.63, 3.8) is 0 Å². The Morgan fingerprint density at radius 3 is 1.36 bits per heavy atom. The van der Waals surface area contributed by atoms with Crippen LogP contribution in [0.2, 0.25) is 0 Å². The number of benzene rings is 1. The zero-order valence-corrected chi connectivity index (χ0v) is 32.7. The summed E-state index contributed by atoms with van der Waals surface area (Å²) in [6.07, 6.45) is 5.48. The third-order valence-electron chi connectivity index (χ3n) is 10.2. The van der Waals surface area contributed by atoms with Gasteiger partial charge in [-0.3, -0.25) is 9.59 Å². The van der Waals surface area contributed by atoms with E-state index in [2.05, 4.69) is 125 Å². The molecule has 0 spiro atoms. The SMILES string of the molecule is CCCCC(Cc1cc(C(C)(C)C)c(O)c(C(C)(C)C)c1)(C(=O)NC1CC(C)(C)NC(C)(C)C1)C(=O)NC1CC(C)(C)NC(C)(C)C1. The molecule has 268 valence electrons. The zero-order chi connectivity index (χ0) is 36.0. The third-order valence-corrected chi connectivity index (χ3v) is 10.2. The van der Waals surface area contributed by atoms with E-state index in [1.165, 1.54) is 0 Å². The van der Waals surface area contributed by atoms with Crippen LogP contribution in [0.15, 0.2) is 12.1 Å². The molecule has 47 heavy (non-hydrogen) atoms. The Bertz CT molecular complexity index is 1180. The van der Waals surface area contributed by atoms with Crippen molar-refractivity contribution in [1.29, 1.82) is 0 Å². The Balaban J connectivity index is 2.18. The maximum Gasteiger partial charge on any atom is 0.236 e. The number of carbonyl (C=O) groups is 2. The van der Waals surface area contributed by atoms with Crippen molar-refractivity contribution in [1.82, 2.24) is 21.3 Å². The molecule has 0 atom stereocenters. The summed E-state index contributed by atoms with van der Waals surface area (Å²) in [4.78, 5) is 30.0. The van der Waals surface area contributed by atoms with Crippen LogP contribution in [0.4, 0.5) is 0 Å². The van der Waals surface area contributed by atoms with Gasteiger partial charge in [0, 0.05) is 34.2 Å². The molecule has 2 heterocycles. The zero-order valence-electron chi connectivity index (χ0n) is 32.7. The van der Waals surface area contributed by atoms with Gasteiger partial charge in [-0.1, -0.05) is 73.4 Å². The Kier molecular flexibility index (Phi) is 11.1. The Labute approximate surface area is 287 Å². The van der Waals surface area contributed by atoms with Gasteiger partial charge in [-0.2, -0.15) is 0 Å². The molecule has 0 unspecified atom stereocenters. The molecular formula is C40H70N4O3. The first-order chi connectivity index (χ1) is 21.1. The summed E-state index contributed by atoms with van der Waals surface area (Å²) < 4.78 is 0. The van der Waals surface area contributed by atoms with Crippen LogP contribution in [0, 0.1) is 5.41 Å². The van der Waals surface area contributed by atoms with Crippen molar-refractivity contribution >= 4 is 11.8 Å². The van der Waals surface area contributed by atoms with Crippen molar-refractivity contribution in [2.75, 3.05) is 0 Å². The number of nitrogens with one attached hydrogen (secondary N) is 4. The number of amides is 2. The number of phenols is 1. The highest BCUT2D eigenvalue weighted by atomic mass is 16.3. The molecular weight excluding hydrogens is 584 g/mol. The van der Waals surface area contributed by atoms with Gasteiger partial charge in [0.25, 0.3) is 0 Å². The highest BCUT2D eigenvalue weighted by Crippen LogP contribution is 2.42. The molecule has 0 saturated carbocycles. The fourth-order valence-electron chi connectivity index (χ4n) is 8.84. The average molecular weight is 655 g/mol. The molecule has 0 radical (unpaired) electrons. The van der Waals surface area contributed by atoms with Crippen LogP contribution in [-0.2, 0) is 26.8 Å². The summed E-state index contributed by atoms with van der Waals surface area (Å²) in [5.41, 5.74) is 0.0285. The van der Waals surface area contributed by atoms with Gasteiger partial charge in [0.1, 0.15) is 11.2 Å². The second-order valence-electron chi connectivity index (χ2n) is 19.8. The molecule has 2 fully saturated rings. The van der Waals surface area contributed by atoms with E-state index in [1.807, 2.05) is 12.1 Å². The van der Waals surface area contributed by atoms with Crippen LogP contribution >= 0.6 is 0 Å². The maximum absolute atomic E-state index is 15.0. The summed E-state index contributed by atoms with van der Waals surface area (Å²) in [6, 6.07) is 3.96. The van der Waals surface area contributed by atoms with E-state index in [1.54, 1.807) is 0 Å². The van der Waals surface area contributed by atoms with Crippen LogP contribution in [0.25, 0.3) is 0 Å². The maximum atomic E-state index is 15.0. The van der Waals surface area contributed by atoms with Crippen LogP contribution in [0.5, 0.6) is 5.75 Å².